The number of benzene rings is 2. The van der Waals surface area contributed by atoms with E-state index in [2.05, 4.69) is 49.8 Å². The van der Waals surface area contributed by atoms with Crippen LogP contribution in [0, 0.1) is 17.8 Å². The number of nitrogens with one attached hydrogen (secondary N) is 1. The van der Waals surface area contributed by atoms with Crippen molar-refractivity contribution in [2.75, 3.05) is 39.1 Å². The highest BCUT2D eigenvalue weighted by Gasteiger charge is 2.47. The zero-order valence-corrected chi connectivity index (χ0v) is 28.0. The number of nitrogens with zero attached hydrogens (tertiary/aromatic N) is 6. The average Bonchev–Trinajstić information content (AvgIpc) is 3.47. The van der Waals surface area contributed by atoms with Crippen LogP contribution in [-0.2, 0) is 13.1 Å². The van der Waals surface area contributed by atoms with Crippen molar-refractivity contribution in [1.29, 1.82) is 0 Å². The number of imidazole rings is 1. The van der Waals surface area contributed by atoms with Gasteiger partial charge in [0, 0.05) is 86.0 Å². The first-order valence-corrected chi connectivity index (χ1v) is 17.6. The second kappa shape index (κ2) is 11.6. The number of aromatic nitrogens is 4. The Hall–Kier alpha value is -4.90. The van der Waals surface area contributed by atoms with Crippen LogP contribution in [0.1, 0.15) is 46.4 Å². The number of pyridine rings is 1. The zero-order valence-electron chi connectivity index (χ0n) is 28.0. The largest absolute Gasteiger partial charge is 0.494 e. The number of para-hydroxylation sites is 1. The molecule has 2 saturated carbocycles. The van der Waals surface area contributed by atoms with Crippen molar-refractivity contribution in [3.8, 4) is 17.3 Å². The lowest BCUT2D eigenvalue weighted by Gasteiger charge is -2.40. The summed E-state index contributed by atoms with van der Waals surface area (Å²) < 4.78 is 10.7. The summed E-state index contributed by atoms with van der Waals surface area (Å²) in [7, 11) is 3.46. The fraction of sp³-hybridized carbons (Fsp3) is 0.421. The lowest BCUT2D eigenvalue weighted by Crippen LogP contribution is -2.51. The van der Waals surface area contributed by atoms with E-state index in [4.69, 9.17) is 15.5 Å². The lowest BCUT2D eigenvalue weighted by atomic mass is 9.98. The van der Waals surface area contributed by atoms with Crippen LogP contribution in [0.25, 0.3) is 33.5 Å². The van der Waals surface area contributed by atoms with Crippen LogP contribution in [0.2, 0.25) is 0 Å². The van der Waals surface area contributed by atoms with E-state index < -0.39 is 0 Å². The molecular weight excluding hydrogens is 616 g/mol. The zero-order chi connectivity index (χ0) is 33.4. The summed E-state index contributed by atoms with van der Waals surface area (Å²) in [4.78, 5) is 40.8. The van der Waals surface area contributed by atoms with Gasteiger partial charge in [0.1, 0.15) is 17.1 Å². The van der Waals surface area contributed by atoms with Crippen LogP contribution < -0.4 is 15.8 Å². The van der Waals surface area contributed by atoms with Gasteiger partial charge in [-0.1, -0.05) is 18.2 Å². The molecule has 252 valence electrons. The van der Waals surface area contributed by atoms with Gasteiger partial charge in [0.2, 0.25) is 0 Å². The number of ether oxygens (including phenoxy) is 1. The van der Waals surface area contributed by atoms with Crippen LogP contribution in [-0.4, -0.2) is 86.6 Å². The minimum Gasteiger partial charge on any atom is -0.494 e. The molecule has 2 aromatic carbocycles. The van der Waals surface area contributed by atoms with Gasteiger partial charge in [-0.05, 0) is 73.9 Å². The quantitative estimate of drug-likeness (QED) is 0.232. The van der Waals surface area contributed by atoms with Gasteiger partial charge in [0.05, 0.1) is 18.3 Å². The maximum Gasteiger partial charge on any atom is 0.254 e. The normalized spacial score (nSPS) is 21.9. The van der Waals surface area contributed by atoms with Crippen molar-refractivity contribution >= 4 is 39.6 Å². The highest BCUT2D eigenvalue weighted by atomic mass is 16.5. The Bertz CT molecular complexity index is 2110. The molecule has 2 bridgehead atoms. The molecule has 4 fully saturated rings. The Kier molecular flexibility index (Phi) is 7.15. The third-order valence-electron chi connectivity index (χ3n) is 11.3. The van der Waals surface area contributed by atoms with Crippen LogP contribution in [0.15, 0.2) is 60.8 Å². The first-order chi connectivity index (χ1) is 23.9. The number of rotatable bonds is 9. The van der Waals surface area contributed by atoms with Gasteiger partial charge in [0.25, 0.3) is 11.8 Å². The Morgan fingerprint density at radius 1 is 0.918 bits per heavy atom. The fourth-order valence-corrected chi connectivity index (χ4v) is 8.47. The maximum atomic E-state index is 14.0. The van der Waals surface area contributed by atoms with Crippen molar-refractivity contribution in [2.24, 2.45) is 23.5 Å². The Balaban J connectivity index is 1.11. The van der Waals surface area contributed by atoms with Gasteiger partial charge in [-0.15, -0.1) is 0 Å². The van der Waals surface area contributed by atoms with Crippen molar-refractivity contribution < 1.29 is 14.3 Å². The Labute approximate surface area is 285 Å². The van der Waals surface area contributed by atoms with Crippen LogP contribution >= 0.6 is 0 Å². The number of fused-ring (bicyclic) bond motifs is 4. The second-order valence-corrected chi connectivity index (χ2v) is 14.4. The number of carbonyl (C=O) groups is 2. The molecule has 9 rings (SSSR count). The van der Waals surface area contributed by atoms with Gasteiger partial charge >= 0.3 is 0 Å². The van der Waals surface area contributed by atoms with Gasteiger partial charge in [-0.25, -0.2) is 9.97 Å². The number of anilines is 1. The van der Waals surface area contributed by atoms with E-state index >= 15 is 0 Å². The highest BCUT2D eigenvalue weighted by Crippen LogP contribution is 2.41. The van der Waals surface area contributed by atoms with E-state index in [-0.39, 0.29) is 29.8 Å². The number of likely N-dealkylation sites (tertiary alicyclic amines) is 2. The van der Waals surface area contributed by atoms with Gasteiger partial charge in [-0.2, -0.15) is 0 Å². The molecule has 4 aliphatic rings. The monoisotopic (exact) mass is 658 g/mol. The maximum absolute atomic E-state index is 14.0. The average molecular weight is 659 g/mol. The van der Waals surface area contributed by atoms with Crippen LogP contribution in [0.3, 0.4) is 0 Å². The number of hydrogen-bond donors (Lipinski definition) is 2. The summed E-state index contributed by atoms with van der Waals surface area (Å²) in [5, 5.41) is 4.19. The molecule has 2 amide bonds. The molecule has 5 aromatic rings. The van der Waals surface area contributed by atoms with E-state index in [9.17, 15) is 9.59 Å². The molecule has 3 N–H and O–H groups in total. The predicted octanol–water partition coefficient (Wildman–Crippen LogP) is 4.85. The lowest BCUT2D eigenvalue weighted by molar-refractivity contribution is 0.0471. The van der Waals surface area contributed by atoms with Crippen molar-refractivity contribution in [1.82, 2.24) is 28.9 Å². The molecule has 11 heteroatoms. The van der Waals surface area contributed by atoms with Gasteiger partial charge in [0.15, 0.2) is 5.82 Å². The molecule has 49 heavy (non-hydrogen) atoms. The molecule has 0 radical (unpaired) electrons. The van der Waals surface area contributed by atoms with Crippen molar-refractivity contribution in [2.45, 2.75) is 50.9 Å². The molecule has 2 aliphatic carbocycles. The summed E-state index contributed by atoms with van der Waals surface area (Å²) in [5.41, 5.74) is 11.6. The molecule has 2 aliphatic heterocycles. The molecular formula is C38H42N8O3. The number of carbonyl (C=O) groups excluding carboxylic acids is 2. The smallest absolute Gasteiger partial charge is 0.254 e. The molecule has 5 heterocycles. The van der Waals surface area contributed by atoms with Gasteiger partial charge in [-0.3, -0.25) is 9.59 Å². The molecule has 3 unspecified atom stereocenters. The van der Waals surface area contributed by atoms with Crippen LogP contribution in [0.4, 0.5) is 5.82 Å². The minimum atomic E-state index is -0.00696. The summed E-state index contributed by atoms with van der Waals surface area (Å²) in [6.45, 7) is 3.58. The van der Waals surface area contributed by atoms with E-state index in [1.807, 2.05) is 21.9 Å². The molecule has 2 saturated heterocycles. The van der Waals surface area contributed by atoms with Gasteiger partial charge < -0.3 is 34.7 Å². The van der Waals surface area contributed by atoms with Crippen LogP contribution in [0.5, 0.6) is 5.75 Å². The van der Waals surface area contributed by atoms with E-state index in [1.54, 1.807) is 32.5 Å². The van der Waals surface area contributed by atoms with Crippen molar-refractivity contribution in [3.05, 3.63) is 71.9 Å². The topological polar surface area (TPSA) is 124 Å². The number of piperidine rings is 1. The van der Waals surface area contributed by atoms with E-state index in [1.165, 1.54) is 23.7 Å². The minimum absolute atomic E-state index is 0.00601. The molecule has 0 spiro atoms. The molecule has 3 atom stereocenters. The summed E-state index contributed by atoms with van der Waals surface area (Å²) in [6.07, 6.45) is 6.19. The number of nitrogens with two attached hydrogens (primary N) is 1. The van der Waals surface area contributed by atoms with E-state index in [0.717, 1.165) is 41.9 Å². The first kappa shape index (κ1) is 30.2. The second-order valence-electron chi connectivity index (χ2n) is 14.4. The highest BCUT2D eigenvalue weighted by molar-refractivity contribution is 6.01. The summed E-state index contributed by atoms with van der Waals surface area (Å²) >= 11 is 0. The molecule has 3 aromatic heterocycles. The number of hydrogen-bond acceptors (Lipinski definition) is 7. The third kappa shape index (κ3) is 5.05. The SMILES string of the molecule is CNc1cc(C(=O)N2CC(Cn3c(-c4cc5ccccc5n4CC4CC4)nc4cc(C(=O)N5CC6CCC5C6N)cc(OC)c43)C2)ccn1. The Morgan fingerprint density at radius 3 is 2.47 bits per heavy atom. The van der Waals surface area contributed by atoms with Crippen molar-refractivity contribution in [3.63, 3.8) is 0 Å². The number of amides is 2. The molecule has 11 nitrogen and oxygen atoms in total. The van der Waals surface area contributed by atoms with E-state index in [0.29, 0.717) is 60.7 Å². The Morgan fingerprint density at radius 2 is 1.73 bits per heavy atom. The summed E-state index contributed by atoms with van der Waals surface area (Å²) in [6, 6.07) is 18.3. The predicted molar refractivity (Wildman–Crippen MR) is 189 cm³/mol. The fourth-order valence-electron chi connectivity index (χ4n) is 8.47. The standard InChI is InChI=1S/C38H42N8O3/c1-40-33-16-25(11-12-41-33)37(47)43-17-23(18-43)20-46-35-28(13-27(15-32(35)49-2)38(48)45-21-26-9-10-30(45)34(26)39)42-36(46)31-14-24-5-3-4-6-29(24)44(31)19-22-7-8-22/h3-6,11-16,22-23,26,30,34H,7-10,17-21,39H2,1-2H3,(H,40,41). The third-order valence-corrected chi connectivity index (χ3v) is 11.3. The summed E-state index contributed by atoms with van der Waals surface area (Å²) in [5.74, 6) is 3.41. The first-order valence-electron chi connectivity index (χ1n) is 17.6. The number of methoxy groups -OCH3 is 1.